The number of hydrogen-bond acceptors (Lipinski definition) is 4. The molecule has 1 heterocycles. The van der Waals surface area contributed by atoms with Gasteiger partial charge in [-0.15, -0.1) is 11.8 Å². The summed E-state index contributed by atoms with van der Waals surface area (Å²) >= 11 is 1.44. The molecule has 4 aromatic rings. The molecule has 34 heavy (non-hydrogen) atoms. The lowest BCUT2D eigenvalue weighted by Crippen LogP contribution is -2.12. The molecule has 0 radical (unpaired) electrons. The average molecular weight is 464 g/mol. The topological polar surface area (TPSA) is 65.8 Å². The van der Waals surface area contributed by atoms with Gasteiger partial charge in [-0.25, -0.2) is 4.98 Å². The summed E-state index contributed by atoms with van der Waals surface area (Å²) in [5.41, 5.74) is 7.24. The van der Waals surface area contributed by atoms with E-state index in [0.717, 1.165) is 39.2 Å². The fraction of sp³-hybridized carbons (Fsp3) is 0.138. The summed E-state index contributed by atoms with van der Waals surface area (Å²) in [6, 6.07) is 30.1. The molecule has 1 N–H and O–H groups in total. The Balaban J connectivity index is 1.59. The lowest BCUT2D eigenvalue weighted by atomic mass is 9.98. The van der Waals surface area contributed by atoms with Crippen LogP contribution >= 0.6 is 11.8 Å². The van der Waals surface area contributed by atoms with Crippen molar-refractivity contribution < 1.29 is 4.79 Å². The first kappa shape index (κ1) is 23.3. The lowest BCUT2D eigenvalue weighted by molar-refractivity contribution is -0.115. The second-order valence-electron chi connectivity index (χ2n) is 8.09. The molecule has 0 aliphatic rings. The Labute approximate surface area is 204 Å². The molecule has 1 amide bonds. The number of anilines is 1. The highest BCUT2D eigenvalue weighted by Gasteiger charge is 2.16. The van der Waals surface area contributed by atoms with Crippen LogP contribution < -0.4 is 5.32 Å². The Morgan fingerprint density at radius 3 is 2.21 bits per heavy atom. The van der Waals surface area contributed by atoms with E-state index in [0.29, 0.717) is 22.8 Å². The monoisotopic (exact) mass is 463 g/mol. The maximum Gasteiger partial charge on any atom is 0.225 e. The van der Waals surface area contributed by atoms with Gasteiger partial charge in [0.1, 0.15) is 11.1 Å². The number of carbonyl (C=O) groups excluding carboxylic acids is 1. The number of amides is 1. The van der Waals surface area contributed by atoms with E-state index < -0.39 is 0 Å². The zero-order valence-corrected chi connectivity index (χ0v) is 20.0. The number of aromatic nitrogens is 1. The minimum Gasteiger partial charge on any atom is -0.326 e. The van der Waals surface area contributed by atoms with Crippen molar-refractivity contribution in [3.05, 3.63) is 102 Å². The van der Waals surface area contributed by atoms with E-state index in [9.17, 15) is 10.1 Å². The number of aryl methyl sites for hydroxylation is 2. The minimum atomic E-state index is -0.0622. The van der Waals surface area contributed by atoms with Gasteiger partial charge in [-0.3, -0.25) is 4.79 Å². The number of nitrogens with one attached hydrogen (secondary N) is 1. The van der Waals surface area contributed by atoms with Crippen LogP contribution in [-0.2, 0) is 4.79 Å². The van der Waals surface area contributed by atoms with Crippen LogP contribution in [0.25, 0.3) is 22.4 Å². The van der Waals surface area contributed by atoms with Crippen molar-refractivity contribution in [2.24, 2.45) is 0 Å². The van der Waals surface area contributed by atoms with Gasteiger partial charge >= 0.3 is 0 Å². The summed E-state index contributed by atoms with van der Waals surface area (Å²) in [6.45, 7) is 4.05. The highest BCUT2D eigenvalue weighted by Crippen LogP contribution is 2.34. The van der Waals surface area contributed by atoms with Crippen molar-refractivity contribution in [1.82, 2.24) is 4.98 Å². The van der Waals surface area contributed by atoms with E-state index in [1.54, 1.807) is 0 Å². The van der Waals surface area contributed by atoms with E-state index in [2.05, 4.69) is 11.4 Å². The van der Waals surface area contributed by atoms with Crippen molar-refractivity contribution in [2.45, 2.75) is 25.3 Å². The molecule has 1 aromatic heterocycles. The molecule has 4 rings (SSSR count). The van der Waals surface area contributed by atoms with Crippen LogP contribution in [0.5, 0.6) is 0 Å². The number of pyridine rings is 1. The van der Waals surface area contributed by atoms with Crippen molar-refractivity contribution in [3.8, 4) is 28.5 Å². The Bertz CT molecular complexity index is 1330. The normalized spacial score (nSPS) is 10.5. The van der Waals surface area contributed by atoms with Gasteiger partial charge in [-0.1, -0.05) is 77.9 Å². The minimum absolute atomic E-state index is 0.0622. The van der Waals surface area contributed by atoms with Gasteiger partial charge in [0, 0.05) is 29.0 Å². The first-order valence-electron chi connectivity index (χ1n) is 11.1. The lowest BCUT2D eigenvalue weighted by Gasteiger charge is -2.13. The SMILES string of the molecule is Cc1ccc(NC(=O)CCSc2nc(-c3ccccc3)cc(-c3ccc(C)cc3)c2C#N)cc1. The summed E-state index contributed by atoms with van der Waals surface area (Å²) in [4.78, 5) is 17.3. The summed E-state index contributed by atoms with van der Waals surface area (Å²) in [5.74, 6) is 0.457. The quantitative estimate of drug-likeness (QED) is 0.299. The molecule has 4 nitrogen and oxygen atoms in total. The van der Waals surface area contributed by atoms with Crippen molar-refractivity contribution >= 4 is 23.4 Å². The molecule has 3 aromatic carbocycles. The zero-order chi connectivity index (χ0) is 23.9. The fourth-order valence-corrected chi connectivity index (χ4v) is 4.50. The van der Waals surface area contributed by atoms with Crippen LogP contribution in [-0.4, -0.2) is 16.6 Å². The predicted octanol–water partition coefficient (Wildman–Crippen LogP) is 7.03. The van der Waals surface area contributed by atoms with Gasteiger partial charge in [-0.2, -0.15) is 5.26 Å². The molecule has 0 fully saturated rings. The molecule has 0 aliphatic heterocycles. The van der Waals surface area contributed by atoms with E-state index in [4.69, 9.17) is 4.98 Å². The maximum atomic E-state index is 12.4. The van der Waals surface area contributed by atoms with E-state index in [1.807, 2.05) is 98.8 Å². The van der Waals surface area contributed by atoms with Gasteiger partial charge in [-0.05, 0) is 37.6 Å². The number of nitrogens with zero attached hydrogens (tertiary/aromatic N) is 2. The van der Waals surface area contributed by atoms with Crippen LogP contribution in [0, 0.1) is 25.2 Å². The first-order chi connectivity index (χ1) is 16.5. The second-order valence-corrected chi connectivity index (χ2v) is 9.18. The number of thioether (sulfide) groups is 1. The Morgan fingerprint density at radius 2 is 1.56 bits per heavy atom. The number of carbonyl (C=O) groups is 1. The summed E-state index contributed by atoms with van der Waals surface area (Å²) in [7, 11) is 0. The van der Waals surface area contributed by atoms with Crippen molar-refractivity contribution in [2.75, 3.05) is 11.1 Å². The predicted molar refractivity (Wildman–Crippen MR) is 140 cm³/mol. The largest absolute Gasteiger partial charge is 0.326 e. The van der Waals surface area contributed by atoms with Gasteiger partial charge in [0.15, 0.2) is 0 Å². The van der Waals surface area contributed by atoms with Crippen LogP contribution in [0.4, 0.5) is 5.69 Å². The van der Waals surface area contributed by atoms with Crippen LogP contribution in [0.2, 0.25) is 0 Å². The highest BCUT2D eigenvalue weighted by molar-refractivity contribution is 7.99. The smallest absolute Gasteiger partial charge is 0.225 e. The molecular weight excluding hydrogens is 438 g/mol. The van der Waals surface area contributed by atoms with E-state index in [-0.39, 0.29) is 5.91 Å². The third kappa shape index (κ3) is 5.72. The van der Waals surface area contributed by atoms with E-state index >= 15 is 0 Å². The first-order valence-corrected chi connectivity index (χ1v) is 12.1. The summed E-state index contributed by atoms with van der Waals surface area (Å²) < 4.78 is 0. The van der Waals surface area contributed by atoms with Gasteiger partial charge in [0.2, 0.25) is 5.91 Å². The molecule has 0 saturated heterocycles. The van der Waals surface area contributed by atoms with Crippen molar-refractivity contribution in [3.63, 3.8) is 0 Å². The maximum absolute atomic E-state index is 12.4. The molecule has 0 unspecified atom stereocenters. The van der Waals surface area contributed by atoms with E-state index in [1.165, 1.54) is 11.8 Å². The molecule has 168 valence electrons. The number of benzene rings is 3. The third-order valence-corrected chi connectivity index (χ3v) is 6.41. The highest BCUT2D eigenvalue weighted by atomic mass is 32.2. The van der Waals surface area contributed by atoms with Crippen LogP contribution in [0.15, 0.2) is 90.0 Å². The fourth-order valence-electron chi connectivity index (χ4n) is 3.55. The molecule has 0 saturated carbocycles. The second kappa shape index (κ2) is 10.8. The molecule has 0 bridgehead atoms. The number of rotatable bonds is 7. The Kier molecular flexibility index (Phi) is 7.41. The third-order valence-electron chi connectivity index (χ3n) is 5.43. The average Bonchev–Trinajstić information content (AvgIpc) is 2.86. The van der Waals surface area contributed by atoms with Crippen molar-refractivity contribution in [1.29, 1.82) is 5.26 Å². The standard InChI is InChI=1S/C29H25N3OS/c1-20-8-12-22(13-9-20)25-18-27(23-6-4-3-5-7-23)32-29(26(25)19-30)34-17-16-28(33)31-24-14-10-21(2)11-15-24/h3-15,18H,16-17H2,1-2H3,(H,31,33). The Morgan fingerprint density at radius 1 is 0.912 bits per heavy atom. The van der Waals surface area contributed by atoms with Crippen LogP contribution in [0.3, 0.4) is 0 Å². The Hall–Kier alpha value is -3.88. The van der Waals surface area contributed by atoms with Crippen LogP contribution in [0.1, 0.15) is 23.1 Å². The number of hydrogen-bond donors (Lipinski definition) is 1. The zero-order valence-electron chi connectivity index (χ0n) is 19.2. The molecular formula is C29H25N3OS. The van der Waals surface area contributed by atoms with Gasteiger partial charge in [0.05, 0.1) is 11.3 Å². The van der Waals surface area contributed by atoms with Gasteiger partial charge in [0.25, 0.3) is 0 Å². The van der Waals surface area contributed by atoms with Gasteiger partial charge < -0.3 is 5.32 Å². The summed E-state index contributed by atoms with van der Waals surface area (Å²) in [5, 5.41) is 13.6. The number of nitriles is 1. The summed E-state index contributed by atoms with van der Waals surface area (Å²) in [6.07, 6.45) is 0.320. The molecule has 0 aliphatic carbocycles. The molecule has 0 spiro atoms. The molecule has 5 heteroatoms. The molecule has 0 atom stereocenters.